The molecule has 7 rings (SSSR count). The maximum atomic E-state index is 13.8. The number of ether oxygens (including phenoxy) is 3. The number of piperidine rings is 1. The van der Waals surface area contributed by atoms with Crippen molar-refractivity contribution in [3.05, 3.63) is 106 Å². The van der Waals surface area contributed by atoms with Crippen molar-refractivity contribution in [3.8, 4) is 11.1 Å². The molecule has 3 aromatic carbocycles. The molecule has 5 aromatic rings. The fraction of sp³-hybridized carbons (Fsp3) is 0.413. The highest BCUT2D eigenvalue weighted by molar-refractivity contribution is 7.22. The lowest BCUT2D eigenvalue weighted by molar-refractivity contribution is -0.145. The summed E-state index contributed by atoms with van der Waals surface area (Å²) in [5.41, 5.74) is 6.94. The van der Waals surface area contributed by atoms with Gasteiger partial charge in [0.1, 0.15) is 11.4 Å². The lowest BCUT2D eigenvalue weighted by Crippen LogP contribution is -2.40. The summed E-state index contributed by atoms with van der Waals surface area (Å²) in [6, 6.07) is 24.0. The van der Waals surface area contributed by atoms with E-state index in [-0.39, 0.29) is 23.7 Å². The van der Waals surface area contributed by atoms with Gasteiger partial charge in [0, 0.05) is 43.9 Å². The number of anilines is 2. The maximum Gasteiger partial charge on any atom is 0.358 e. The minimum atomic E-state index is -0.706. The van der Waals surface area contributed by atoms with Crippen LogP contribution in [0.2, 0.25) is 0 Å². The summed E-state index contributed by atoms with van der Waals surface area (Å²) in [5, 5.41) is 3.58. The lowest BCUT2D eigenvalue weighted by Gasteiger charge is -2.31. The molecule has 0 radical (unpaired) electrons. The molecule has 4 heterocycles. The second-order valence-corrected chi connectivity index (χ2v) is 17.1. The topological polar surface area (TPSA) is 123 Å². The maximum absolute atomic E-state index is 13.8. The van der Waals surface area contributed by atoms with E-state index < -0.39 is 11.6 Å². The lowest BCUT2D eigenvalue weighted by atomic mass is 9.94. The second kappa shape index (κ2) is 18.2. The number of pyridine rings is 1. The van der Waals surface area contributed by atoms with E-state index >= 15 is 0 Å². The molecule has 1 fully saturated rings. The first-order chi connectivity index (χ1) is 27.9. The average molecular weight is 804 g/mol. The molecule has 2 aliphatic heterocycles. The molecule has 11 nitrogen and oxygen atoms in total. The number of fused-ring (bicyclic) bond motifs is 2. The third-order valence-electron chi connectivity index (χ3n) is 10.6. The molecule has 12 heteroatoms. The molecule has 0 atom stereocenters. The first kappa shape index (κ1) is 41.0. The van der Waals surface area contributed by atoms with Crippen LogP contribution in [0.4, 0.5) is 10.9 Å². The largest absolute Gasteiger partial charge is 0.465 e. The monoisotopic (exact) mass is 803 g/mol. The van der Waals surface area contributed by atoms with Gasteiger partial charge in [0.05, 0.1) is 29.5 Å². The number of para-hydroxylation sites is 1. The van der Waals surface area contributed by atoms with Gasteiger partial charge in [-0.1, -0.05) is 53.8 Å². The number of hydrogen-bond acceptors (Lipinski definition) is 11. The zero-order valence-electron chi connectivity index (χ0n) is 34.1. The van der Waals surface area contributed by atoms with Crippen molar-refractivity contribution in [2.24, 2.45) is 0 Å². The van der Waals surface area contributed by atoms with Crippen molar-refractivity contribution in [3.63, 3.8) is 0 Å². The number of aromatic nitrogens is 2. The average Bonchev–Trinajstić information content (AvgIpc) is 3.61. The van der Waals surface area contributed by atoms with E-state index in [1.165, 1.54) is 16.9 Å². The molecule has 0 saturated carbocycles. The summed E-state index contributed by atoms with van der Waals surface area (Å²) in [6.07, 6.45) is 4.52. The van der Waals surface area contributed by atoms with Crippen LogP contribution in [0.1, 0.15) is 90.1 Å². The number of likely N-dealkylation sites (tertiary alicyclic amines) is 1. The number of rotatable bonds is 13. The number of thiazole rings is 1. The molecule has 0 spiro atoms. The fourth-order valence-corrected chi connectivity index (χ4v) is 8.60. The third-order valence-corrected chi connectivity index (χ3v) is 11.5. The summed E-state index contributed by atoms with van der Waals surface area (Å²) in [6.45, 7) is 13.7. The Labute approximate surface area is 344 Å². The zero-order valence-corrected chi connectivity index (χ0v) is 35.0. The molecule has 58 heavy (non-hydrogen) atoms. The van der Waals surface area contributed by atoms with Gasteiger partial charge in [-0.2, -0.15) is 0 Å². The van der Waals surface area contributed by atoms with Crippen LogP contribution < -0.4 is 10.2 Å². The van der Waals surface area contributed by atoms with Crippen molar-refractivity contribution < 1.29 is 28.6 Å². The highest BCUT2D eigenvalue weighted by atomic mass is 32.1. The SMILES string of the molecule is CCOC(=O)CN1CCC(OCCCc2ccc(-c3ccc(N4CCc5cccc(C(=O)Nc6nc7ccccc7s6)c5C4)nc3C(=O)OC(C)(C)C)c(C)c2)CC1. The van der Waals surface area contributed by atoms with Crippen LogP contribution in [-0.4, -0.2) is 83.8 Å². The van der Waals surface area contributed by atoms with Gasteiger partial charge in [0.15, 0.2) is 10.8 Å². The summed E-state index contributed by atoms with van der Waals surface area (Å²) < 4.78 is 18.2. The van der Waals surface area contributed by atoms with Gasteiger partial charge in [0.2, 0.25) is 0 Å². The molecule has 0 unspecified atom stereocenters. The van der Waals surface area contributed by atoms with Crippen LogP contribution in [0.3, 0.4) is 0 Å². The van der Waals surface area contributed by atoms with E-state index in [1.54, 1.807) is 0 Å². The van der Waals surface area contributed by atoms with Crippen molar-refractivity contribution >= 4 is 50.3 Å². The number of nitrogens with one attached hydrogen (secondary N) is 1. The van der Waals surface area contributed by atoms with Crippen molar-refractivity contribution in [2.45, 2.75) is 85.0 Å². The van der Waals surface area contributed by atoms with Gasteiger partial charge in [-0.15, -0.1) is 0 Å². The Kier molecular flexibility index (Phi) is 12.9. The number of carbonyl (C=O) groups is 3. The number of carbonyl (C=O) groups excluding carboxylic acids is 3. The van der Waals surface area contributed by atoms with E-state index in [1.807, 2.05) is 76.2 Å². The summed E-state index contributed by atoms with van der Waals surface area (Å²) >= 11 is 1.45. The molecule has 304 valence electrons. The molecule has 2 aromatic heterocycles. The van der Waals surface area contributed by atoms with Gasteiger partial charge in [-0.25, -0.2) is 14.8 Å². The minimum Gasteiger partial charge on any atom is -0.465 e. The van der Waals surface area contributed by atoms with Crippen LogP contribution in [-0.2, 0) is 38.4 Å². The predicted molar refractivity (Wildman–Crippen MR) is 229 cm³/mol. The molecule has 1 amide bonds. The molecule has 1 N–H and O–H groups in total. The summed E-state index contributed by atoms with van der Waals surface area (Å²) in [4.78, 5) is 53.2. The van der Waals surface area contributed by atoms with Crippen molar-refractivity contribution in [2.75, 3.05) is 49.6 Å². The van der Waals surface area contributed by atoms with Crippen LogP contribution in [0, 0.1) is 6.92 Å². The molecule has 1 saturated heterocycles. The first-order valence-corrected chi connectivity index (χ1v) is 21.1. The number of amides is 1. The standard InChI is InChI=1S/C46H53N5O6S/c1-6-55-41(52)29-50-23-21-33(22-24-50)56-26-10-11-31-16-17-34(30(2)27-31)35-18-19-40(48-42(35)44(54)57-46(3,4)5)51-25-20-32-12-9-13-36(37(32)28-51)43(53)49-45-47-38-14-7-8-15-39(38)58-45/h7-9,12-19,27,33H,6,10-11,20-26,28-29H2,1-5H3,(H,47,49,53). The molecule has 0 aliphatic carbocycles. The van der Waals surface area contributed by atoms with E-state index in [0.717, 1.165) is 77.7 Å². The quantitative estimate of drug-likeness (QED) is 0.0917. The number of esters is 2. The predicted octanol–water partition coefficient (Wildman–Crippen LogP) is 8.41. The smallest absolute Gasteiger partial charge is 0.358 e. The number of aryl methyl sites for hydroxylation is 2. The Morgan fingerprint density at radius 3 is 2.48 bits per heavy atom. The molecule has 2 aliphatic rings. The highest BCUT2D eigenvalue weighted by Gasteiger charge is 2.28. The Balaban J connectivity index is 1.03. The van der Waals surface area contributed by atoms with E-state index in [9.17, 15) is 14.4 Å². The van der Waals surface area contributed by atoms with Gasteiger partial charge < -0.3 is 19.1 Å². The Hall–Kier alpha value is -5.17. The zero-order chi connectivity index (χ0) is 40.8. The Morgan fingerprint density at radius 2 is 1.72 bits per heavy atom. The minimum absolute atomic E-state index is 0.165. The van der Waals surface area contributed by atoms with Crippen LogP contribution in [0.25, 0.3) is 21.3 Å². The fourth-order valence-electron chi connectivity index (χ4n) is 7.74. The van der Waals surface area contributed by atoms with Crippen molar-refractivity contribution in [1.29, 1.82) is 0 Å². The van der Waals surface area contributed by atoms with Crippen LogP contribution >= 0.6 is 11.3 Å². The van der Waals surface area contributed by atoms with Gasteiger partial charge in [0.25, 0.3) is 5.91 Å². The Morgan fingerprint density at radius 1 is 0.931 bits per heavy atom. The second-order valence-electron chi connectivity index (χ2n) is 16.0. The third kappa shape index (κ3) is 10.1. The van der Waals surface area contributed by atoms with Crippen LogP contribution in [0.15, 0.2) is 72.8 Å². The van der Waals surface area contributed by atoms with Gasteiger partial charge >= 0.3 is 11.9 Å². The molecule has 0 bridgehead atoms. The van der Waals surface area contributed by atoms with E-state index in [0.29, 0.717) is 54.9 Å². The van der Waals surface area contributed by atoms with Gasteiger partial charge in [-0.3, -0.25) is 19.8 Å². The summed E-state index contributed by atoms with van der Waals surface area (Å²) in [7, 11) is 0. The Bertz CT molecular complexity index is 2240. The van der Waals surface area contributed by atoms with E-state index in [2.05, 4.69) is 51.3 Å². The number of nitrogens with zero attached hydrogens (tertiary/aromatic N) is 4. The first-order valence-electron chi connectivity index (χ1n) is 20.3. The molecular formula is C46H53N5O6S. The number of benzene rings is 3. The summed E-state index contributed by atoms with van der Waals surface area (Å²) in [5.74, 6) is -0.200. The highest BCUT2D eigenvalue weighted by Crippen LogP contribution is 2.33. The normalized spacial score (nSPS) is 14.9. The van der Waals surface area contributed by atoms with Gasteiger partial charge in [-0.05, 0) is 125 Å². The number of hydrogen-bond donors (Lipinski definition) is 1. The molecular weight excluding hydrogens is 751 g/mol. The van der Waals surface area contributed by atoms with Crippen LogP contribution in [0.5, 0.6) is 0 Å². The van der Waals surface area contributed by atoms with Crippen molar-refractivity contribution in [1.82, 2.24) is 14.9 Å². The van der Waals surface area contributed by atoms with E-state index in [4.69, 9.17) is 19.2 Å².